The minimum Gasteiger partial charge on any atom is -0.376 e. The van der Waals surface area contributed by atoms with Crippen LogP contribution in [0.4, 0.5) is 4.39 Å². The second-order valence-corrected chi connectivity index (χ2v) is 10.2. The predicted octanol–water partition coefficient (Wildman–Crippen LogP) is 4.00. The molecule has 0 spiro atoms. The normalized spacial score (nSPS) is 16.3. The van der Waals surface area contributed by atoms with Crippen LogP contribution in [-0.4, -0.2) is 55.9 Å². The van der Waals surface area contributed by atoms with Gasteiger partial charge in [0.1, 0.15) is 5.82 Å². The number of carbonyl (C=O) groups is 1. The molecule has 1 fully saturated rings. The number of aryl methyl sites for hydroxylation is 1. The van der Waals surface area contributed by atoms with Crippen molar-refractivity contribution < 1.29 is 22.3 Å². The molecule has 0 bridgehead atoms. The third kappa shape index (κ3) is 6.85. The van der Waals surface area contributed by atoms with Gasteiger partial charge in [0.2, 0.25) is 15.9 Å². The van der Waals surface area contributed by atoms with Gasteiger partial charge in [-0.05, 0) is 54.7 Å². The van der Waals surface area contributed by atoms with Gasteiger partial charge in [-0.2, -0.15) is 4.31 Å². The van der Waals surface area contributed by atoms with Gasteiger partial charge in [-0.15, -0.1) is 0 Å². The van der Waals surface area contributed by atoms with Crippen LogP contribution in [0.1, 0.15) is 44.2 Å². The summed E-state index contributed by atoms with van der Waals surface area (Å²) in [4.78, 5) is 15.1. The molecule has 8 heteroatoms. The van der Waals surface area contributed by atoms with Crippen LogP contribution in [0.15, 0.2) is 53.4 Å². The summed E-state index contributed by atoms with van der Waals surface area (Å²) < 4.78 is 46.1. The first-order chi connectivity index (χ1) is 15.8. The molecule has 0 N–H and O–H groups in total. The summed E-state index contributed by atoms with van der Waals surface area (Å²) in [5.41, 5.74) is 1.64. The van der Waals surface area contributed by atoms with E-state index in [1.54, 1.807) is 35.2 Å². The van der Waals surface area contributed by atoms with E-state index in [9.17, 15) is 17.6 Å². The maximum absolute atomic E-state index is 13.6. The zero-order chi connectivity index (χ0) is 23.8. The van der Waals surface area contributed by atoms with Crippen LogP contribution in [0, 0.1) is 5.82 Å². The molecule has 1 amide bonds. The Morgan fingerprint density at radius 3 is 2.42 bits per heavy atom. The zero-order valence-electron chi connectivity index (χ0n) is 19.4. The van der Waals surface area contributed by atoms with Crippen LogP contribution in [0.5, 0.6) is 0 Å². The van der Waals surface area contributed by atoms with Gasteiger partial charge in [0.25, 0.3) is 0 Å². The minimum atomic E-state index is -3.50. The highest BCUT2D eigenvalue weighted by atomic mass is 32.2. The topological polar surface area (TPSA) is 66.9 Å². The average molecular weight is 477 g/mol. The summed E-state index contributed by atoms with van der Waals surface area (Å²) >= 11 is 0. The summed E-state index contributed by atoms with van der Waals surface area (Å²) in [5.74, 6) is -0.355. The fourth-order valence-electron chi connectivity index (χ4n) is 4.09. The maximum Gasteiger partial charge on any atom is 0.243 e. The van der Waals surface area contributed by atoms with Gasteiger partial charge in [0, 0.05) is 39.2 Å². The lowest BCUT2D eigenvalue weighted by Crippen LogP contribution is -2.37. The molecule has 3 rings (SSSR count). The molecule has 1 aliphatic rings. The predicted molar refractivity (Wildman–Crippen MR) is 126 cm³/mol. The van der Waals surface area contributed by atoms with Crippen molar-refractivity contribution in [3.8, 4) is 0 Å². The summed E-state index contributed by atoms with van der Waals surface area (Å²) in [6.45, 7) is 5.98. The van der Waals surface area contributed by atoms with Crippen LogP contribution in [0.2, 0.25) is 0 Å². The Hall–Kier alpha value is -2.29. The smallest absolute Gasteiger partial charge is 0.243 e. The molecule has 0 aromatic heterocycles. The maximum atomic E-state index is 13.6. The molecular formula is C25H33FN2O4S. The van der Waals surface area contributed by atoms with Gasteiger partial charge in [-0.1, -0.05) is 38.1 Å². The highest BCUT2D eigenvalue weighted by Gasteiger charge is 2.24. The Kier molecular flexibility index (Phi) is 9.00. The molecule has 1 atom stereocenters. The molecule has 1 heterocycles. The molecule has 0 aliphatic carbocycles. The highest BCUT2D eigenvalue weighted by molar-refractivity contribution is 7.89. The largest absolute Gasteiger partial charge is 0.376 e. The quantitative estimate of drug-likeness (QED) is 0.492. The lowest BCUT2D eigenvalue weighted by atomic mass is 10.1. The van der Waals surface area contributed by atoms with Crippen LogP contribution in [-0.2, 0) is 32.5 Å². The average Bonchev–Trinajstić information content (AvgIpc) is 3.31. The molecule has 1 aliphatic heterocycles. The van der Waals surface area contributed by atoms with E-state index in [4.69, 9.17) is 4.74 Å². The summed E-state index contributed by atoms with van der Waals surface area (Å²) in [7, 11) is -3.50. The second kappa shape index (κ2) is 11.7. The van der Waals surface area contributed by atoms with Crippen molar-refractivity contribution in [1.82, 2.24) is 9.21 Å². The number of sulfonamides is 1. The number of hydrogen-bond donors (Lipinski definition) is 0. The first-order valence-corrected chi connectivity index (χ1v) is 13.0. The van der Waals surface area contributed by atoms with E-state index in [0.717, 1.165) is 24.0 Å². The molecule has 0 saturated carbocycles. The number of nitrogens with zero attached hydrogens (tertiary/aromatic N) is 2. The zero-order valence-corrected chi connectivity index (χ0v) is 20.2. The van der Waals surface area contributed by atoms with Crippen molar-refractivity contribution in [3.63, 3.8) is 0 Å². The van der Waals surface area contributed by atoms with Crippen LogP contribution < -0.4 is 0 Å². The second-order valence-electron chi connectivity index (χ2n) is 8.27. The third-order valence-corrected chi connectivity index (χ3v) is 8.02. The Labute approximate surface area is 196 Å². The minimum absolute atomic E-state index is 0.00655. The first kappa shape index (κ1) is 25.3. The fraction of sp³-hybridized carbons (Fsp3) is 0.480. The molecule has 33 heavy (non-hydrogen) atoms. The van der Waals surface area contributed by atoms with E-state index in [2.05, 4.69) is 0 Å². The van der Waals surface area contributed by atoms with Crippen LogP contribution >= 0.6 is 0 Å². The van der Waals surface area contributed by atoms with E-state index in [1.807, 2.05) is 19.9 Å². The standard InChI is InChI=1S/C25H33FN2O4S/c1-3-28(4-2)33(30,31)24-13-10-20(11-14-24)12-15-25(29)27(19-23-9-6-16-32-23)18-21-7-5-8-22(26)17-21/h5,7-8,10-11,13-14,17,23H,3-4,6,9,12,15-16,18-19H2,1-2H3. The van der Waals surface area contributed by atoms with Crippen molar-refractivity contribution in [1.29, 1.82) is 0 Å². The molecule has 1 unspecified atom stereocenters. The summed E-state index contributed by atoms with van der Waals surface area (Å²) in [6.07, 6.45) is 2.68. The number of benzene rings is 2. The molecule has 2 aromatic carbocycles. The van der Waals surface area contributed by atoms with Gasteiger partial charge in [0.15, 0.2) is 0 Å². The molecule has 180 valence electrons. The van der Waals surface area contributed by atoms with Crippen LogP contribution in [0.25, 0.3) is 0 Å². The molecule has 1 saturated heterocycles. The number of hydrogen-bond acceptors (Lipinski definition) is 4. The molecule has 0 radical (unpaired) electrons. The van der Waals surface area contributed by atoms with Crippen molar-refractivity contribution in [2.75, 3.05) is 26.2 Å². The van der Waals surface area contributed by atoms with Crippen molar-refractivity contribution in [3.05, 3.63) is 65.5 Å². The Balaban J connectivity index is 1.65. The fourth-order valence-corrected chi connectivity index (χ4v) is 5.55. The van der Waals surface area contributed by atoms with Gasteiger partial charge >= 0.3 is 0 Å². The number of ether oxygens (including phenoxy) is 1. The van der Waals surface area contributed by atoms with Crippen molar-refractivity contribution in [2.45, 2.75) is 57.1 Å². The van der Waals surface area contributed by atoms with E-state index in [0.29, 0.717) is 39.2 Å². The molecule has 2 aromatic rings. The first-order valence-electron chi connectivity index (χ1n) is 11.6. The van der Waals surface area contributed by atoms with E-state index in [-0.39, 0.29) is 29.1 Å². The van der Waals surface area contributed by atoms with Gasteiger partial charge in [-0.3, -0.25) is 4.79 Å². The molecule has 6 nitrogen and oxygen atoms in total. The highest BCUT2D eigenvalue weighted by Crippen LogP contribution is 2.19. The van der Waals surface area contributed by atoms with Gasteiger partial charge < -0.3 is 9.64 Å². The van der Waals surface area contributed by atoms with E-state index < -0.39 is 10.0 Å². The summed E-state index contributed by atoms with van der Waals surface area (Å²) in [6, 6.07) is 13.0. The van der Waals surface area contributed by atoms with Gasteiger partial charge in [0.05, 0.1) is 11.0 Å². The summed E-state index contributed by atoms with van der Waals surface area (Å²) in [5, 5.41) is 0. The van der Waals surface area contributed by atoms with E-state index in [1.165, 1.54) is 16.4 Å². The number of amides is 1. The Morgan fingerprint density at radius 2 is 1.82 bits per heavy atom. The Bertz CT molecular complexity index is 1020. The van der Waals surface area contributed by atoms with Crippen molar-refractivity contribution >= 4 is 15.9 Å². The van der Waals surface area contributed by atoms with Crippen molar-refractivity contribution in [2.24, 2.45) is 0 Å². The number of carbonyl (C=O) groups excluding carboxylic acids is 1. The number of halogens is 1. The Morgan fingerprint density at radius 1 is 1.09 bits per heavy atom. The lowest BCUT2D eigenvalue weighted by Gasteiger charge is -2.26. The van der Waals surface area contributed by atoms with Crippen LogP contribution in [0.3, 0.4) is 0 Å². The SMILES string of the molecule is CCN(CC)S(=O)(=O)c1ccc(CCC(=O)N(Cc2cccc(F)c2)CC2CCCO2)cc1. The third-order valence-electron chi connectivity index (χ3n) is 5.96. The lowest BCUT2D eigenvalue weighted by molar-refractivity contribution is -0.133. The molecular weight excluding hydrogens is 443 g/mol. The van der Waals surface area contributed by atoms with E-state index >= 15 is 0 Å². The van der Waals surface area contributed by atoms with Gasteiger partial charge in [-0.25, -0.2) is 12.8 Å². The number of rotatable bonds is 11. The monoisotopic (exact) mass is 476 g/mol.